The van der Waals surface area contributed by atoms with Gasteiger partial charge in [0.2, 0.25) is 0 Å². The second-order valence-electron chi connectivity index (χ2n) is 4.19. The van der Waals surface area contributed by atoms with Gasteiger partial charge in [-0.15, -0.1) is 0 Å². The average molecular weight is 329 g/mol. The molecule has 0 bridgehead atoms. The van der Waals surface area contributed by atoms with Gasteiger partial charge >= 0.3 is 0 Å². The second-order valence-corrected chi connectivity index (χ2v) is 5.05. The van der Waals surface area contributed by atoms with E-state index in [4.69, 9.17) is 4.74 Å². The molecule has 1 unspecified atom stereocenters. The highest BCUT2D eigenvalue weighted by atomic mass is 79.9. The van der Waals surface area contributed by atoms with Gasteiger partial charge < -0.3 is 9.84 Å². The van der Waals surface area contributed by atoms with Crippen molar-refractivity contribution in [2.45, 2.75) is 19.6 Å². The van der Waals surface area contributed by atoms with Gasteiger partial charge in [-0.2, -0.15) is 5.10 Å². The molecule has 6 heteroatoms. The Labute approximate surface area is 118 Å². The maximum Gasteiger partial charge on any atom is 0.165 e. The third kappa shape index (κ3) is 3.13. The maximum absolute atomic E-state index is 13.6. The fraction of sp³-hybridized carbons (Fsp3) is 0.308. The molecule has 1 aromatic heterocycles. The van der Waals surface area contributed by atoms with Crippen molar-refractivity contribution in [1.29, 1.82) is 0 Å². The zero-order chi connectivity index (χ0) is 14.0. The summed E-state index contributed by atoms with van der Waals surface area (Å²) < 4.78 is 20.9. The molecule has 1 aromatic carbocycles. The Hall–Kier alpha value is -1.40. The quantitative estimate of drug-likeness (QED) is 0.938. The molecule has 0 radical (unpaired) electrons. The monoisotopic (exact) mass is 328 g/mol. The molecule has 19 heavy (non-hydrogen) atoms. The average Bonchev–Trinajstić information content (AvgIpc) is 2.68. The van der Waals surface area contributed by atoms with Crippen molar-refractivity contribution in [3.8, 4) is 5.75 Å². The van der Waals surface area contributed by atoms with Gasteiger partial charge in [-0.1, -0.05) is 6.07 Å². The number of aliphatic hydroxyl groups excluding tert-OH is 1. The Morgan fingerprint density at radius 2 is 2.26 bits per heavy atom. The fourth-order valence-corrected chi connectivity index (χ4v) is 2.08. The first kappa shape index (κ1) is 14.0. The molecule has 0 aliphatic carbocycles. The summed E-state index contributed by atoms with van der Waals surface area (Å²) in [5, 5.41) is 14.3. The number of hydrogen-bond acceptors (Lipinski definition) is 3. The van der Waals surface area contributed by atoms with E-state index in [0.717, 1.165) is 10.2 Å². The van der Waals surface area contributed by atoms with E-state index in [9.17, 15) is 9.50 Å². The molecule has 4 nitrogen and oxygen atoms in total. The fourth-order valence-electron chi connectivity index (χ4n) is 1.76. The van der Waals surface area contributed by atoms with Crippen molar-refractivity contribution in [1.82, 2.24) is 9.78 Å². The van der Waals surface area contributed by atoms with Gasteiger partial charge in [-0.3, -0.25) is 4.68 Å². The highest BCUT2D eigenvalue weighted by molar-refractivity contribution is 9.10. The minimum atomic E-state index is -0.827. The van der Waals surface area contributed by atoms with E-state index in [1.807, 2.05) is 6.92 Å². The molecule has 0 amide bonds. The molecule has 0 fully saturated rings. The van der Waals surface area contributed by atoms with Gasteiger partial charge in [0.1, 0.15) is 0 Å². The lowest BCUT2D eigenvalue weighted by molar-refractivity contribution is 0.151. The minimum absolute atomic E-state index is 0.161. The molecule has 0 spiro atoms. The predicted molar refractivity (Wildman–Crippen MR) is 72.6 cm³/mol. The van der Waals surface area contributed by atoms with Crippen molar-refractivity contribution in [3.05, 3.63) is 45.9 Å². The topological polar surface area (TPSA) is 47.3 Å². The minimum Gasteiger partial charge on any atom is -0.494 e. The van der Waals surface area contributed by atoms with Crippen LogP contribution in [-0.4, -0.2) is 22.0 Å². The smallest absolute Gasteiger partial charge is 0.165 e. The number of aliphatic hydroxyl groups is 1. The number of nitrogens with zero attached hydrogens (tertiary/aromatic N) is 2. The van der Waals surface area contributed by atoms with Crippen LogP contribution in [-0.2, 0) is 6.54 Å². The lowest BCUT2D eigenvalue weighted by Crippen LogP contribution is -2.09. The normalized spacial score (nSPS) is 12.5. The third-order valence-electron chi connectivity index (χ3n) is 2.81. The lowest BCUT2D eigenvalue weighted by Gasteiger charge is -2.12. The molecule has 1 atom stereocenters. The van der Waals surface area contributed by atoms with E-state index in [1.54, 1.807) is 16.9 Å². The molecule has 0 aliphatic heterocycles. The molecule has 0 saturated carbocycles. The van der Waals surface area contributed by atoms with Crippen molar-refractivity contribution in [2.75, 3.05) is 7.11 Å². The zero-order valence-corrected chi connectivity index (χ0v) is 12.2. The van der Waals surface area contributed by atoms with E-state index in [-0.39, 0.29) is 12.3 Å². The van der Waals surface area contributed by atoms with Crippen molar-refractivity contribution in [2.24, 2.45) is 0 Å². The van der Waals surface area contributed by atoms with Gasteiger partial charge in [0.25, 0.3) is 0 Å². The second kappa shape index (κ2) is 5.71. The summed E-state index contributed by atoms with van der Waals surface area (Å²) >= 11 is 3.35. The molecule has 2 aromatic rings. The maximum atomic E-state index is 13.6. The van der Waals surface area contributed by atoms with Gasteiger partial charge in [0, 0.05) is 6.20 Å². The first-order chi connectivity index (χ1) is 9.01. The number of benzene rings is 1. The van der Waals surface area contributed by atoms with Crippen LogP contribution in [0.1, 0.15) is 17.4 Å². The largest absolute Gasteiger partial charge is 0.494 e. The summed E-state index contributed by atoms with van der Waals surface area (Å²) in [5.74, 6) is -0.328. The van der Waals surface area contributed by atoms with Gasteiger partial charge in [0.05, 0.1) is 29.9 Å². The zero-order valence-electron chi connectivity index (χ0n) is 10.6. The Balaban J connectivity index is 2.15. The molecule has 0 aliphatic rings. The summed E-state index contributed by atoms with van der Waals surface area (Å²) in [5.41, 5.74) is 1.33. The Kier molecular flexibility index (Phi) is 4.21. The lowest BCUT2D eigenvalue weighted by atomic mass is 10.1. The van der Waals surface area contributed by atoms with Gasteiger partial charge in [0.15, 0.2) is 11.6 Å². The molecule has 1 N–H and O–H groups in total. The van der Waals surface area contributed by atoms with Gasteiger partial charge in [-0.25, -0.2) is 4.39 Å². The molecular formula is C13H14BrFN2O2. The van der Waals surface area contributed by atoms with Crippen LogP contribution in [0.2, 0.25) is 0 Å². The number of rotatable bonds is 4. The van der Waals surface area contributed by atoms with Crippen LogP contribution >= 0.6 is 15.9 Å². The standard InChI is InChI=1S/C13H14BrFN2O2/c1-8-10(14)6-17(16-8)7-12(18)9-3-4-13(19-2)11(15)5-9/h3-6,12,18H,7H2,1-2H3. The summed E-state index contributed by atoms with van der Waals surface area (Å²) in [6.07, 6.45) is 0.949. The van der Waals surface area contributed by atoms with Crippen LogP contribution in [0.3, 0.4) is 0 Å². The van der Waals surface area contributed by atoms with Crippen LogP contribution in [0, 0.1) is 12.7 Å². The SMILES string of the molecule is COc1ccc(C(O)Cn2cc(Br)c(C)n2)cc1F. The van der Waals surface area contributed by atoms with Crippen LogP contribution in [0.4, 0.5) is 4.39 Å². The third-order valence-corrected chi connectivity index (χ3v) is 3.59. The molecule has 102 valence electrons. The molecular weight excluding hydrogens is 315 g/mol. The van der Waals surface area contributed by atoms with Crippen LogP contribution in [0.25, 0.3) is 0 Å². The number of aryl methyl sites for hydroxylation is 1. The number of hydrogen-bond donors (Lipinski definition) is 1. The van der Waals surface area contributed by atoms with Crippen molar-refractivity contribution >= 4 is 15.9 Å². The summed E-state index contributed by atoms with van der Waals surface area (Å²) in [4.78, 5) is 0. The molecule has 0 saturated heterocycles. The molecule has 1 heterocycles. The Morgan fingerprint density at radius 3 is 2.79 bits per heavy atom. The van der Waals surface area contributed by atoms with Crippen LogP contribution in [0.15, 0.2) is 28.9 Å². The summed E-state index contributed by atoms with van der Waals surface area (Å²) in [7, 11) is 1.40. The first-order valence-electron chi connectivity index (χ1n) is 5.72. The van der Waals surface area contributed by atoms with Crippen LogP contribution in [0.5, 0.6) is 5.75 Å². The van der Waals surface area contributed by atoms with Gasteiger partial charge in [-0.05, 0) is 40.5 Å². The highest BCUT2D eigenvalue weighted by Crippen LogP contribution is 2.23. The Morgan fingerprint density at radius 1 is 1.53 bits per heavy atom. The van der Waals surface area contributed by atoms with E-state index < -0.39 is 11.9 Å². The van der Waals surface area contributed by atoms with E-state index >= 15 is 0 Å². The number of halogens is 2. The first-order valence-corrected chi connectivity index (χ1v) is 6.51. The summed E-state index contributed by atoms with van der Waals surface area (Å²) in [6.45, 7) is 2.12. The Bertz CT molecular complexity index is 567. The predicted octanol–water partition coefficient (Wildman–Crippen LogP) is 2.84. The van der Waals surface area contributed by atoms with E-state index in [2.05, 4.69) is 21.0 Å². The number of ether oxygens (including phenoxy) is 1. The number of aromatic nitrogens is 2. The van der Waals surface area contributed by atoms with E-state index in [1.165, 1.54) is 19.2 Å². The van der Waals surface area contributed by atoms with Crippen molar-refractivity contribution < 1.29 is 14.2 Å². The highest BCUT2D eigenvalue weighted by Gasteiger charge is 2.13. The molecule has 2 rings (SSSR count). The summed E-state index contributed by atoms with van der Waals surface area (Å²) in [6, 6.07) is 4.41. The van der Waals surface area contributed by atoms with Crippen LogP contribution < -0.4 is 4.74 Å². The number of methoxy groups -OCH3 is 1. The van der Waals surface area contributed by atoms with E-state index in [0.29, 0.717) is 5.56 Å². The van der Waals surface area contributed by atoms with Crippen molar-refractivity contribution in [3.63, 3.8) is 0 Å².